The normalized spacial score (nSPS) is 14.5. The largest absolute Gasteiger partial charge is 0.352 e. The van der Waals surface area contributed by atoms with Crippen LogP contribution in [0.3, 0.4) is 0 Å². The van der Waals surface area contributed by atoms with Crippen molar-refractivity contribution in [3.8, 4) is 0 Å². The van der Waals surface area contributed by atoms with E-state index in [9.17, 15) is 4.79 Å². The van der Waals surface area contributed by atoms with Gasteiger partial charge in [-0.05, 0) is 29.2 Å². The second-order valence-electron chi connectivity index (χ2n) is 6.61. The van der Waals surface area contributed by atoms with E-state index < -0.39 is 0 Å². The minimum atomic E-state index is 0.253. The van der Waals surface area contributed by atoms with E-state index in [0.717, 1.165) is 40.6 Å². The maximum absolute atomic E-state index is 11.8. The Morgan fingerprint density at radius 1 is 1.11 bits per heavy atom. The number of hydrogen-bond donors (Lipinski definition) is 2. The third-order valence-electron chi connectivity index (χ3n) is 4.62. The van der Waals surface area contributed by atoms with Gasteiger partial charge in [0.05, 0.1) is 0 Å². The summed E-state index contributed by atoms with van der Waals surface area (Å²) >= 11 is 6.19. The second kappa shape index (κ2) is 9.42. The molecule has 1 fully saturated rings. The first-order valence-corrected chi connectivity index (χ1v) is 9.57. The monoisotopic (exact) mass is 384 g/mol. The molecule has 1 aliphatic heterocycles. The fraction of sp³-hybridized carbons (Fsp3) is 0.333. The van der Waals surface area contributed by atoms with Crippen molar-refractivity contribution in [1.82, 2.24) is 15.5 Å². The Balaban J connectivity index is 1.53. The molecule has 0 atom stereocenters. The van der Waals surface area contributed by atoms with Crippen molar-refractivity contribution in [1.29, 1.82) is 0 Å². The van der Waals surface area contributed by atoms with Crippen LogP contribution in [0, 0.1) is 0 Å². The highest BCUT2D eigenvalue weighted by molar-refractivity contribution is 6.31. The second-order valence-corrected chi connectivity index (χ2v) is 7.02. The Labute approximate surface area is 165 Å². The molecule has 1 aliphatic rings. The standard InChI is InChI=1S/C21H25ClN4O/c1-23-21(25-14-18-8-2-3-9-19(18)22)24-13-16-6-4-7-17(12-16)15-26-11-5-10-20(26)27/h2-4,6-9,12H,5,10-11,13-15H2,1H3,(H2,23,24,25). The molecular weight excluding hydrogens is 360 g/mol. The van der Waals surface area contributed by atoms with Gasteiger partial charge in [-0.15, -0.1) is 0 Å². The Kier molecular flexibility index (Phi) is 6.71. The summed E-state index contributed by atoms with van der Waals surface area (Å²) in [5.74, 6) is 0.970. The van der Waals surface area contributed by atoms with E-state index in [1.54, 1.807) is 7.05 Å². The van der Waals surface area contributed by atoms with Gasteiger partial charge in [-0.2, -0.15) is 0 Å². The van der Waals surface area contributed by atoms with Gasteiger partial charge < -0.3 is 15.5 Å². The molecule has 1 heterocycles. The van der Waals surface area contributed by atoms with Crippen LogP contribution in [0.15, 0.2) is 53.5 Å². The number of aliphatic imine (C=N–C) groups is 1. The number of nitrogens with zero attached hydrogens (tertiary/aromatic N) is 2. The van der Waals surface area contributed by atoms with Crippen LogP contribution in [-0.2, 0) is 24.4 Å². The number of carbonyl (C=O) groups is 1. The number of nitrogens with one attached hydrogen (secondary N) is 2. The van der Waals surface area contributed by atoms with E-state index in [1.165, 1.54) is 0 Å². The summed E-state index contributed by atoms with van der Waals surface area (Å²) in [5, 5.41) is 7.34. The molecule has 0 unspecified atom stereocenters. The van der Waals surface area contributed by atoms with Crippen molar-refractivity contribution in [3.05, 3.63) is 70.2 Å². The summed E-state index contributed by atoms with van der Waals surface area (Å²) in [6, 6.07) is 16.1. The van der Waals surface area contributed by atoms with Crippen molar-refractivity contribution in [2.45, 2.75) is 32.5 Å². The van der Waals surface area contributed by atoms with Crippen LogP contribution in [0.25, 0.3) is 0 Å². The van der Waals surface area contributed by atoms with Gasteiger partial charge in [-0.25, -0.2) is 0 Å². The van der Waals surface area contributed by atoms with E-state index in [1.807, 2.05) is 35.2 Å². The smallest absolute Gasteiger partial charge is 0.222 e. The number of rotatable bonds is 6. The molecule has 0 radical (unpaired) electrons. The number of likely N-dealkylation sites (tertiary alicyclic amines) is 1. The lowest BCUT2D eigenvalue weighted by atomic mass is 10.1. The van der Waals surface area contributed by atoms with Crippen molar-refractivity contribution in [2.75, 3.05) is 13.6 Å². The van der Waals surface area contributed by atoms with Crippen LogP contribution in [0.5, 0.6) is 0 Å². The number of halogens is 1. The molecule has 2 aromatic carbocycles. The quantitative estimate of drug-likeness (QED) is 0.593. The molecule has 0 aromatic heterocycles. The van der Waals surface area contributed by atoms with Crippen molar-refractivity contribution < 1.29 is 4.79 Å². The Morgan fingerprint density at radius 3 is 2.63 bits per heavy atom. The molecule has 1 saturated heterocycles. The third-order valence-corrected chi connectivity index (χ3v) is 4.99. The average molecular weight is 385 g/mol. The molecule has 0 aliphatic carbocycles. The molecule has 2 N–H and O–H groups in total. The summed E-state index contributed by atoms with van der Waals surface area (Å²) in [7, 11) is 1.75. The van der Waals surface area contributed by atoms with Crippen LogP contribution in [-0.4, -0.2) is 30.4 Å². The van der Waals surface area contributed by atoms with Gasteiger partial charge in [0.1, 0.15) is 0 Å². The lowest BCUT2D eigenvalue weighted by Gasteiger charge is -2.16. The predicted octanol–water partition coefficient (Wildman–Crippen LogP) is 3.33. The maximum atomic E-state index is 11.8. The number of guanidine groups is 1. The molecule has 3 rings (SSSR count). The van der Waals surface area contributed by atoms with Gasteiger partial charge >= 0.3 is 0 Å². The number of amides is 1. The molecule has 1 amide bonds. The molecule has 0 saturated carbocycles. The summed E-state index contributed by atoms with van der Waals surface area (Å²) in [4.78, 5) is 18.0. The van der Waals surface area contributed by atoms with Gasteiger partial charge in [-0.1, -0.05) is 54.1 Å². The highest BCUT2D eigenvalue weighted by Crippen LogP contribution is 2.16. The van der Waals surface area contributed by atoms with Crippen molar-refractivity contribution in [2.24, 2.45) is 4.99 Å². The molecule has 27 heavy (non-hydrogen) atoms. The van der Waals surface area contributed by atoms with E-state index in [-0.39, 0.29) is 5.91 Å². The third kappa shape index (κ3) is 5.47. The lowest BCUT2D eigenvalue weighted by molar-refractivity contribution is -0.128. The maximum Gasteiger partial charge on any atom is 0.222 e. The van der Waals surface area contributed by atoms with E-state index >= 15 is 0 Å². The Hall–Kier alpha value is -2.53. The zero-order valence-corrected chi connectivity index (χ0v) is 16.3. The molecule has 0 spiro atoms. The highest BCUT2D eigenvalue weighted by Gasteiger charge is 2.19. The Bertz CT molecular complexity index is 821. The first-order chi connectivity index (χ1) is 13.2. The van der Waals surface area contributed by atoms with Crippen LogP contribution in [0.1, 0.15) is 29.5 Å². The number of carbonyl (C=O) groups excluding carboxylic acids is 1. The first-order valence-electron chi connectivity index (χ1n) is 9.19. The fourth-order valence-electron chi connectivity index (χ4n) is 3.16. The van der Waals surface area contributed by atoms with E-state index in [4.69, 9.17) is 11.6 Å². The lowest BCUT2D eigenvalue weighted by Crippen LogP contribution is -2.36. The number of benzene rings is 2. The van der Waals surface area contributed by atoms with E-state index in [0.29, 0.717) is 26.1 Å². The topological polar surface area (TPSA) is 56.7 Å². The van der Waals surface area contributed by atoms with Gasteiger partial charge in [0.15, 0.2) is 5.96 Å². The van der Waals surface area contributed by atoms with Gasteiger partial charge in [0.25, 0.3) is 0 Å². The van der Waals surface area contributed by atoms with Crippen LogP contribution < -0.4 is 10.6 Å². The molecule has 2 aromatic rings. The van der Waals surface area contributed by atoms with Gasteiger partial charge in [-0.3, -0.25) is 9.79 Å². The Morgan fingerprint density at radius 2 is 1.89 bits per heavy atom. The van der Waals surface area contributed by atoms with Crippen molar-refractivity contribution >= 4 is 23.5 Å². The van der Waals surface area contributed by atoms with Crippen LogP contribution in [0.2, 0.25) is 5.02 Å². The fourth-order valence-corrected chi connectivity index (χ4v) is 3.36. The summed E-state index contributed by atoms with van der Waals surface area (Å²) in [6.45, 7) is 2.81. The molecule has 0 bridgehead atoms. The summed E-state index contributed by atoms with van der Waals surface area (Å²) in [6.07, 6.45) is 1.64. The first kappa shape index (κ1) is 19.2. The average Bonchev–Trinajstić information content (AvgIpc) is 3.08. The van der Waals surface area contributed by atoms with Crippen LogP contribution >= 0.6 is 11.6 Å². The number of hydrogen-bond acceptors (Lipinski definition) is 2. The van der Waals surface area contributed by atoms with Crippen molar-refractivity contribution in [3.63, 3.8) is 0 Å². The minimum Gasteiger partial charge on any atom is -0.352 e. The van der Waals surface area contributed by atoms with Gasteiger partial charge in [0.2, 0.25) is 5.91 Å². The molecule has 5 nitrogen and oxygen atoms in total. The molecule has 142 valence electrons. The van der Waals surface area contributed by atoms with E-state index in [2.05, 4.69) is 33.8 Å². The molecular formula is C21H25ClN4O. The predicted molar refractivity (Wildman–Crippen MR) is 110 cm³/mol. The highest BCUT2D eigenvalue weighted by atomic mass is 35.5. The van der Waals surface area contributed by atoms with Crippen LogP contribution in [0.4, 0.5) is 0 Å². The SMILES string of the molecule is CN=C(NCc1cccc(CN2CCCC2=O)c1)NCc1ccccc1Cl. The summed E-state index contributed by atoms with van der Waals surface area (Å²) < 4.78 is 0. The minimum absolute atomic E-state index is 0.253. The van der Waals surface area contributed by atoms with Gasteiger partial charge in [0, 0.05) is 44.7 Å². The summed E-state index contributed by atoms with van der Waals surface area (Å²) in [5.41, 5.74) is 3.34. The zero-order valence-electron chi connectivity index (χ0n) is 15.5. The zero-order chi connectivity index (χ0) is 19.1. The molecule has 6 heteroatoms.